The molecule has 0 unspecified atom stereocenters. The number of benzene rings is 1. The molecule has 1 saturated carbocycles. The number of hydrogen-bond acceptors (Lipinski definition) is 2. The molecule has 1 aromatic rings. The van der Waals surface area contributed by atoms with E-state index < -0.39 is 0 Å². The molecular formula is C16H24N2O. The molecule has 0 bridgehead atoms. The highest BCUT2D eigenvalue weighted by Crippen LogP contribution is 2.20. The fourth-order valence-electron chi connectivity index (χ4n) is 2.63. The van der Waals surface area contributed by atoms with Crippen LogP contribution in [0.3, 0.4) is 0 Å². The SMILES string of the molecule is CCCNc1ccc(C(=O)NC2CCCC2)c(C)c1. The summed E-state index contributed by atoms with van der Waals surface area (Å²) in [6.07, 6.45) is 5.83. The minimum absolute atomic E-state index is 0.0754. The van der Waals surface area contributed by atoms with Gasteiger partial charge >= 0.3 is 0 Å². The number of anilines is 1. The van der Waals surface area contributed by atoms with Crippen molar-refractivity contribution in [2.24, 2.45) is 0 Å². The summed E-state index contributed by atoms with van der Waals surface area (Å²) in [5.74, 6) is 0.0754. The molecule has 3 heteroatoms. The van der Waals surface area contributed by atoms with Gasteiger partial charge in [0.15, 0.2) is 0 Å². The van der Waals surface area contributed by atoms with Crippen LogP contribution in [0.2, 0.25) is 0 Å². The molecule has 0 spiro atoms. The van der Waals surface area contributed by atoms with Crippen LogP contribution in [0.5, 0.6) is 0 Å². The number of carbonyl (C=O) groups excluding carboxylic acids is 1. The predicted octanol–water partition coefficient (Wildman–Crippen LogP) is 3.49. The smallest absolute Gasteiger partial charge is 0.251 e. The van der Waals surface area contributed by atoms with Crippen molar-refractivity contribution < 1.29 is 4.79 Å². The van der Waals surface area contributed by atoms with Crippen molar-refractivity contribution in [3.63, 3.8) is 0 Å². The Hall–Kier alpha value is -1.51. The van der Waals surface area contributed by atoms with Crippen LogP contribution in [0.15, 0.2) is 18.2 Å². The zero-order chi connectivity index (χ0) is 13.7. The van der Waals surface area contributed by atoms with Gasteiger partial charge in [-0.2, -0.15) is 0 Å². The fourth-order valence-corrected chi connectivity index (χ4v) is 2.63. The average molecular weight is 260 g/mol. The highest BCUT2D eigenvalue weighted by atomic mass is 16.1. The lowest BCUT2D eigenvalue weighted by Gasteiger charge is -2.14. The summed E-state index contributed by atoms with van der Waals surface area (Å²) < 4.78 is 0. The molecule has 1 aliphatic carbocycles. The molecule has 1 aliphatic rings. The fraction of sp³-hybridized carbons (Fsp3) is 0.562. The van der Waals surface area contributed by atoms with Gasteiger partial charge in [0, 0.05) is 23.8 Å². The van der Waals surface area contributed by atoms with Gasteiger partial charge in [0.25, 0.3) is 5.91 Å². The summed E-state index contributed by atoms with van der Waals surface area (Å²) in [6.45, 7) is 5.11. The third kappa shape index (κ3) is 3.72. The number of rotatable bonds is 5. The van der Waals surface area contributed by atoms with Gasteiger partial charge in [0.05, 0.1) is 0 Å². The number of nitrogens with one attached hydrogen (secondary N) is 2. The third-order valence-electron chi connectivity index (χ3n) is 3.74. The summed E-state index contributed by atoms with van der Waals surface area (Å²) in [6, 6.07) is 6.35. The summed E-state index contributed by atoms with van der Waals surface area (Å²) in [5.41, 5.74) is 2.93. The molecule has 1 aromatic carbocycles. The van der Waals surface area contributed by atoms with Crippen LogP contribution in [-0.2, 0) is 0 Å². The van der Waals surface area contributed by atoms with Crippen LogP contribution < -0.4 is 10.6 Å². The van der Waals surface area contributed by atoms with Crippen LogP contribution in [0.25, 0.3) is 0 Å². The molecule has 0 saturated heterocycles. The standard InChI is InChI=1S/C16H24N2O/c1-3-10-17-14-8-9-15(12(2)11-14)16(19)18-13-6-4-5-7-13/h8-9,11,13,17H,3-7,10H2,1-2H3,(H,18,19). The van der Waals surface area contributed by atoms with E-state index in [0.29, 0.717) is 6.04 Å². The lowest BCUT2D eigenvalue weighted by molar-refractivity contribution is 0.0937. The van der Waals surface area contributed by atoms with Crippen molar-refractivity contribution in [3.8, 4) is 0 Å². The molecule has 0 atom stereocenters. The Morgan fingerprint density at radius 1 is 1.32 bits per heavy atom. The van der Waals surface area contributed by atoms with Crippen LogP contribution in [0.1, 0.15) is 54.9 Å². The molecular weight excluding hydrogens is 236 g/mol. The van der Waals surface area contributed by atoms with Crippen molar-refractivity contribution >= 4 is 11.6 Å². The number of hydrogen-bond donors (Lipinski definition) is 2. The van der Waals surface area contributed by atoms with E-state index in [1.54, 1.807) is 0 Å². The molecule has 3 nitrogen and oxygen atoms in total. The minimum atomic E-state index is 0.0754. The van der Waals surface area contributed by atoms with E-state index >= 15 is 0 Å². The first-order valence-electron chi connectivity index (χ1n) is 7.36. The Morgan fingerprint density at radius 2 is 2.05 bits per heavy atom. The number of amides is 1. The molecule has 0 heterocycles. The van der Waals surface area contributed by atoms with E-state index in [2.05, 4.69) is 23.6 Å². The largest absolute Gasteiger partial charge is 0.385 e. The zero-order valence-corrected chi connectivity index (χ0v) is 12.0. The van der Waals surface area contributed by atoms with Gasteiger partial charge in [-0.15, -0.1) is 0 Å². The van der Waals surface area contributed by atoms with Crippen LogP contribution in [0, 0.1) is 6.92 Å². The molecule has 1 amide bonds. The topological polar surface area (TPSA) is 41.1 Å². The molecule has 19 heavy (non-hydrogen) atoms. The minimum Gasteiger partial charge on any atom is -0.385 e. The molecule has 2 N–H and O–H groups in total. The highest BCUT2D eigenvalue weighted by molar-refractivity contribution is 5.96. The summed E-state index contributed by atoms with van der Waals surface area (Å²) in [7, 11) is 0. The maximum Gasteiger partial charge on any atom is 0.251 e. The van der Waals surface area contributed by atoms with Crippen LogP contribution in [-0.4, -0.2) is 18.5 Å². The molecule has 1 fully saturated rings. The van der Waals surface area contributed by atoms with Gasteiger partial charge in [-0.3, -0.25) is 4.79 Å². The van der Waals surface area contributed by atoms with E-state index in [1.807, 2.05) is 19.1 Å². The van der Waals surface area contributed by atoms with Gasteiger partial charge < -0.3 is 10.6 Å². The van der Waals surface area contributed by atoms with Crippen molar-refractivity contribution in [1.82, 2.24) is 5.32 Å². The Morgan fingerprint density at radius 3 is 2.68 bits per heavy atom. The summed E-state index contributed by atoms with van der Waals surface area (Å²) in [5, 5.41) is 6.48. The second-order valence-electron chi connectivity index (χ2n) is 5.41. The second-order valence-corrected chi connectivity index (χ2v) is 5.41. The van der Waals surface area contributed by atoms with E-state index in [1.165, 1.54) is 12.8 Å². The zero-order valence-electron chi connectivity index (χ0n) is 12.0. The van der Waals surface area contributed by atoms with E-state index in [0.717, 1.165) is 42.6 Å². The van der Waals surface area contributed by atoms with E-state index in [9.17, 15) is 4.79 Å². The van der Waals surface area contributed by atoms with Gasteiger partial charge in [-0.1, -0.05) is 19.8 Å². The second kappa shape index (κ2) is 6.60. The van der Waals surface area contributed by atoms with Crippen molar-refractivity contribution in [3.05, 3.63) is 29.3 Å². The first-order valence-corrected chi connectivity index (χ1v) is 7.36. The first-order chi connectivity index (χ1) is 9.20. The molecule has 104 valence electrons. The van der Waals surface area contributed by atoms with Gasteiger partial charge in [0.2, 0.25) is 0 Å². The third-order valence-corrected chi connectivity index (χ3v) is 3.74. The quantitative estimate of drug-likeness (QED) is 0.851. The van der Waals surface area contributed by atoms with Crippen molar-refractivity contribution in [1.29, 1.82) is 0 Å². The summed E-state index contributed by atoms with van der Waals surface area (Å²) in [4.78, 5) is 12.2. The average Bonchev–Trinajstić information content (AvgIpc) is 2.89. The van der Waals surface area contributed by atoms with Gasteiger partial charge in [0.1, 0.15) is 0 Å². The normalized spacial score (nSPS) is 15.5. The van der Waals surface area contributed by atoms with Gasteiger partial charge in [-0.05, 0) is 49.9 Å². The number of carbonyl (C=O) groups is 1. The van der Waals surface area contributed by atoms with Gasteiger partial charge in [-0.25, -0.2) is 0 Å². The van der Waals surface area contributed by atoms with Crippen molar-refractivity contribution in [2.45, 2.75) is 52.0 Å². The molecule has 0 radical (unpaired) electrons. The first kappa shape index (κ1) is 13.9. The van der Waals surface area contributed by atoms with E-state index in [4.69, 9.17) is 0 Å². The molecule has 0 aromatic heterocycles. The lowest BCUT2D eigenvalue weighted by atomic mass is 10.1. The maximum absolute atomic E-state index is 12.2. The summed E-state index contributed by atoms with van der Waals surface area (Å²) >= 11 is 0. The monoisotopic (exact) mass is 260 g/mol. The Balaban J connectivity index is 2.00. The maximum atomic E-state index is 12.2. The molecule has 0 aliphatic heterocycles. The van der Waals surface area contributed by atoms with Crippen LogP contribution in [0.4, 0.5) is 5.69 Å². The van der Waals surface area contributed by atoms with E-state index in [-0.39, 0.29) is 5.91 Å². The molecule has 2 rings (SSSR count). The Bertz CT molecular complexity index is 436. The lowest BCUT2D eigenvalue weighted by Crippen LogP contribution is -2.33. The van der Waals surface area contributed by atoms with Crippen LogP contribution >= 0.6 is 0 Å². The van der Waals surface area contributed by atoms with Crippen molar-refractivity contribution in [2.75, 3.05) is 11.9 Å². The Labute approximate surface area is 115 Å². The highest BCUT2D eigenvalue weighted by Gasteiger charge is 2.18. The number of aryl methyl sites for hydroxylation is 1. The Kier molecular flexibility index (Phi) is 4.83. The predicted molar refractivity (Wildman–Crippen MR) is 79.7 cm³/mol.